The van der Waals surface area contributed by atoms with Crippen molar-refractivity contribution < 1.29 is 4.79 Å². The molecule has 1 aliphatic rings. The zero-order valence-corrected chi connectivity index (χ0v) is 10.1. The molecule has 16 heavy (non-hydrogen) atoms. The van der Waals surface area contributed by atoms with E-state index in [1.165, 1.54) is 5.54 Å². The van der Waals surface area contributed by atoms with Gasteiger partial charge in [-0.05, 0) is 18.1 Å². The largest absolute Gasteiger partial charge is 0.333 e. The van der Waals surface area contributed by atoms with Crippen LogP contribution >= 0.6 is 23.2 Å². The normalized spacial score (nSPS) is 16.2. The Morgan fingerprint density at radius 3 is 2.94 bits per heavy atom. The highest BCUT2D eigenvalue weighted by Crippen LogP contribution is 2.20. The standard InChI is InChI=1S/C12H11Cl2NO/c13-7-10(14)8-15-6-5-9-3-1-2-4-11(9)12(15)16/h1-4,7H,5-6,8H2/b10-7+. The van der Waals surface area contributed by atoms with Gasteiger partial charge in [0.1, 0.15) is 0 Å². The molecule has 4 heteroatoms. The van der Waals surface area contributed by atoms with Crippen LogP contribution in [0.1, 0.15) is 15.9 Å². The molecule has 0 unspecified atom stereocenters. The van der Waals surface area contributed by atoms with Crippen LogP contribution < -0.4 is 0 Å². The summed E-state index contributed by atoms with van der Waals surface area (Å²) in [7, 11) is 0. The quantitative estimate of drug-likeness (QED) is 0.796. The maximum Gasteiger partial charge on any atom is 0.254 e. The van der Waals surface area contributed by atoms with Gasteiger partial charge in [-0.2, -0.15) is 0 Å². The lowest BCUT2D eigenvalue weighted by molar-refractivity contribution is 0.0757. The summed E-state index contributed by atoms with van der Waals surface area (Å²) in [5, 5.41) is 0.481. The van der Waals surface area contributed by atoms with E-state index in [2.05, 4.69) is 0 Å². The predicted octanol–water partition coefficient (Wildman–Crippen LogP) is 3.00. The number of carbonyl (C=O) groups excluding carboxylic acids is 1. The van der Waals surface area contributed by atoms with Crippen molar-refractivity contribution in [2.75, 3.05) is 13.1 Å². The van der Waals surface area contributed by atoms with Gasteiger partial charge in [0.2, 0.25) is 0 Å². The lowest BCUT2D eigenvalue weighted by atomic mass is 9.99. The highest BCUT2D eigenvalue weighted by atomic mass is 35.5. The second kappa shape index (κ2) is 4.89. The lowest BCUT2D eigenvalue weighted by Gasteiger charge is -2.28. The van der Waals surface area contributed by atoms with Crippen LogP contribution in [0.3, 0.4) is 0 Å². The smallest absolute Gasteiger partial charge is 0.254 e. The predicted molar refractivity (Wildman–Crippen MR) is 65.8 cm³/mol. The molecule has 0 saturated carbocycles. The van der Waals surface area contributed by atoms with Crippen LogP contribution in [0.25, 0.3) is 0 Å². The van der Waals surface area contributed by atoms with Gasteiger partial charge in [0.15, 0.2) is 0 Å². The average molecular weight is 256 g/mol. The van der Waals surface area contributed by atoms with Gasteiger partial charge in [0.25, 0.3) is 5.91 Å². The Morgan fingerprint density at radius 1 is 1.44 bits per heavy atom. The number of rotatable bonds is 2. The van der Waals surface area contributed by atoms with Gasteiger partial charge in [-0.1, -0.05) is 41.4 Å². The summed E-state index contributed by atoms with van der Waals surface area (Å²) in [4.78, 5) is 13.8. The summed E-state index contributed by atoms with van der Waals surface area (Å²) in [6.07, 6.45) is 0.869. The molecule has 0 aromatic heterocycles. The van der Waals surface area contributed by atoms with Gasteiger partial charge >= 0.3 is 0 Å². The Morgan fingerprint density at radius 2 is 2.19 bits per heavy atom. The van der Waals surface area contributed by atoms with Crippen LogP contribution in [0.15, 0.2) is 34.8 Å². The average Bonchev–Trinajstić information content (AvgIpc) is 2.33. The monoisotopic (exact) mass is 255 g/mol. The summed E-state index contributed by atoms with van der Waals surface area (Å²) < 4.78 is 0. The lowest BCUT2D eigenvalue weighted by Crippen LogP contribution is -2.38. The minimum atomic E-state index is 0.0264. The molecule has 1 heterocycles. The Balaban J connectivity index is 2.21. The van der Waals surface area contributed by atoms with Crippen molar-refractivity contribution in [3.05, 3.63) is 46.0 Å². The van der Waals surface area contributed by atoms with Crippen LogP contribution in [0.5, 0.6) is 0 Å². The molecule has 0 bridgehead atoms. The van der Waals surface area contributed by atoms with Gasteiger partial charge < -0.3 is 4.90 Å². The molecule has 2 nitrogen and oxygen atoms in total. The van der Waals surface area contributed by atoms with Crippen molar-refractivity contribution in [2.24, 2.45) is 0 Å². The van der Waals surface area contributed by atoms with E-state index in [0.717, 1.165) is 17.5 Å². The molecular weight excluding hydrogens is 245 g/mol. The van der Waals surface area contributed by atoms with E-state index in [9.17, 15) is 4.79 Å². The van der Waals surface area contributed by atoms with E-state index < -0.39 is 0 Å². The number of halogens is 2. The van der Waals surface area contributed by atoms with Crippen LogP contribution in [0, 0.1) is 0 Å². The SMILES string of the molecule is O=C1c2ccccc2CCN1C/C(Cl)=C\Cl. The van der Waals surface area contributed by atoms with E-state index in [-0.39, 0.29) is 5.91 Å². The topological polar surface area (TPSA) is 20.3 Å². The Bertz CT molecular complexity index is 442. The first-order valence-corrected chi connectivity index (χ1v) is 5.85. The first-order valence-electron chi connectivity index (χ1n) is 5.04. The summed E-state index contributed by atoms with van der Waals surface area (Å²) >= 11 is 11.3. The summed E-state index contributed by atoms with van der Waals surface area (Å²) in [5.74, 6) is 0.0264. The van der Waals surface area contributed by atoms with Gasteiger partial charge in [0, 0.05) is 22.7 Å². The minimum Gasteiger partial charge on any atom is -0.333 e. The third-order valence-corrected chi connectivity index (χ3v) is 3.25. The van der Waals surface area contributed by atoms with Gasteiger partial charge in [-0.15, -0.1) is 0 Å². The molecule has 0 radical (unpaired) electrons. The molecule has 0 N–H and O–H groups in total. The van der Waals surface area contributed by atoms with Crippen LogP contribution in [-0.4, -0.2) is 23.9 Å². The number of hydrogen-bond donors (Lipinski definition) is 0. The van der Waals surface area contributed by atoms with Gasteiger partial charge in [0.05, 0.1) is 6.54 Å². The van der Waals surface area contributed by atoms with Crippen LogP contribution in [0.2, 0.25) is 0 Å². The second-order valence-corrected chi connectivity index (χ2v) is 4.39. The Labute approximate surface area is 104 Å². The zero-order valence-electron chi connectivity index (χ0n) is 8.62. The van der Waals surface area contributed by atoms with Crippen LogP contribution in [0.4, 0.5) is 0 Å². The molecule has 1 aromatic rings. The van der Waals surface area contributed by atoms with E-state index in [0.29, 0.717) is 18.1 Å². The van der Waals surface area contributed by atoms with E-state index in [1.807, 2.05) is 24.3 Å². The Hall–Kier alpha value is -0.990. The fourth-order valence-electron chi connectivity index (χ4n) is 1.84. The maximum absolute atomic E-state index is 12.1. The maximum atomic E-state index is 12.1. The second-order valence-electron chi connectivity index (χ2n) is 3.69. The molecule has 1 amide bonds. The molecule has 0 fully saturated rings. The molecule has 1 aromatic carbocycles. The fraction of sp³-hybridized carbons (Fsp3) is 0.250. The summed E-state index contributed by atoms with van der Waals surface area (Å²) in [6, 6.07) is 7.67. The van der Waals surface area contributed by atoms with Gasteiger partial charge in [-0.3, -0.25) is 4.79 Å². The number of amides is 1. The molecule has 0 saturated heterocycles. The van der Waals surface area contributed by atoms with E-state index >= 15 is 0 Å². The number of nitrogens with zero attached hydrogens (tertiary/aromatic N) is 1. The molecule has 0 spiro atoms. The van der Waals surface area contributed by atoms with Crippen molar-refractivity contribution in [3.63, 3.8) is 0 Å². The zero-order chi connectivity index (χ0) is 11.5. The molecule has 84 valence electrons. The number of carbonyl (C=O) groups is 1. The van der Waals surface area contributed by atoms with E-state index in [4.69, 9.17) is 23.2 Å². The fourth-order valence-corrected chi connectivity index (χ4v) is 2.06. The molecule has 2 rings (SSSR count). The van der Waals surface area contributed by atoms with E-state index in [1.54, 1.807) is 4.90 Å². The number of hydrogen-bond acceptors (Lipinski definition) is 1. The van der Waals surface area contributed by atoms with Crippen molar-refractivity contribution in [1.29, 1.82) is 0 Å². The number of benzene rings is 1. The summed E-state index contributed by atoms with van der Waals surface area (Å²) in [6.45, 7) is 1.08. The van der Waals surface area contributed by atoms with Crippen molar-refractivity contribution >= 4 is 29.1 Å². The third-order valence-electron chi connectivity index (χ3n) is 2.65. The molecule has 0 aliphatic carbocycles. The van der Waals surface area contributed by atoms with Crippen molar-refractivity contribution in [3.8, 4) is 0 Å². The first-order chi connectivity index (χ1) is 7.72. The van der Waals surface area contributed by atoms with Gasteiger partial charge in [-0.25, -0.2) is 0 Å². The third kappa shape index (κ3) is 2.23. The Kier molecular flexibility index (Phi) is 3.52. The van der Waals surface area contributed by atoms with Crippen molar-refractivity contribution in [1.82, 2.24) is 4.90 Å². The first kappa shape index (κ1) is 11.5. The molecule has 1 aliphatic heterocycles. The molecule has 0 atom stereocenters. The minimum absolute atomic E-state index is 0.0264. The molecular formula is C12H11Cl2NO. The number of fused-ring (bicyclic) bond motifs is 1. The van der Waals surface area contributed by atoms with Crippen LogP contribution in [-0.2, 0) is 6.42 Å². The van der Waals surface area contributed by atoms with Crippen molar-refractivity contribution in [2.45, 2.75) is 6.42 Å². The highest BCUT2D eigenvalue weighted by molar-refractivity contribution is 6.36. The summed E-state index contributed by atoms with van der Waals surface area (Å²) in [5.41, 5.74) is 3.18. The highest BCUT2D eigenvalue weighted by Gasteiger charge is 2.23.